The summed E-state index contributed by atoms with van der Waals surface area (Å²) in [7, 11) is 0. The molecule has 0 fully saturated rings. The largest absolute Gasteiger partial charge is 0.467 e. The molecule has 0 saturated heterocycles. The first-order valence-electron chi connectivity index (χ1n) is 5.90. The van der Waals surface area contributed by atoms with Gasteiger partial charge in [-0.15, -0.1) is 0 Å². The number of furan rings is 1. The van der Waals surface area contributed by atoms with E-state index in [-0.39, 0.29) is 19.1 Å². The van der Waals surface area contributed by atoms with E-state index in [9.17, 15) is 9.59 Å². The molecule has 0 atom stereocenters. The average molecular weight is 291 g/mol. The highest BCUT2D eigenvalue weighted by molar-refractivity contribution is 7.08. The lowest BCUT2D eigenvalue weighted by Crippen LogP contribution is -2.27. The van der Waals surface area contributed by atoms with Crippen molar-refractivity contribution >= 4 is 29.3 Å². The van der Waals surface area contributed by atoms with Crippen molar-refractivity contribution < 1.29 is 18.7 Å². The molecule has 2 aromatic rings. The Hall–Kier alpha value is -2.34. The van der Waals surface area contributed by atoms with Gasteiger partial charge in [-0.05, 0) is 40.6 Å². The van der Waals surface area contributed by atoms with E-state index in [1.165, 1.54) is 23.7 Å². The summed E-state index contributed by atoms with van der Waals surface area (Å²) in [6.07, 6.45) is 4.46. The van der Waals surface area contributed by atoms with Crippen LogP contribution in [0.3, 0.4) is 0 Å². The molecule has 104 valence electrons. The van der Waals surface area contributed by atoms with Gasteiger partial charge in [0.05, 0.1) is 12.8 Å². The number of amides is 1. The minimum absolute atomic E-state index is 0.272. The molecule has 6 heteroatoms. The fourth-order valence-corrected chi connectivity index (χ4v) is 2.00. The van der Waals surface area contributed by atoms with Gasteiger partial charge >= 0.3 is 5.97 Å². The van der Waals surface area contributed by atoms with Crippen LogP contribution in [-0.4, -0.2) is 18.5 Å². The predicted octanol–water partition coefficient (Wildman–Crippen LogP) is 2.21. The van der Waals surface area contributed by atoms with Gasteiger partial charge in [0.1, 0.15) is 5.76 Å². The Morgan fingerprint density at radius 2 is 2.30 bits per heavy atom. The molecule has 0 unspecified atom stereocenters. The third kappa shape index (κ3) is 4.74. The summed E-state index contributed by atoms with van der Waals surface area (Å²) in [4.78, 5) is 22.8. The highest BCUT2D eigenvalue weighted by Crippen LogP contribution is 2.07. The van der Waals surface area contributed by atoms with E-state index in [1.54, 1.807) is 18.2 Å². The lowest BCUT2D eigenvalue weighted by molar-refractivity contribution is -0.143. The zero-order valence-corrected chi connectivity index (χ0v) is 11.4. The summed E-state index contributed by atoms with van der Waals surface area (Å²) in [5.41, 5.74) is 0.925. The molecule has 2 rings (SSSR count). The Bertz CT molecular complexity index is 572. The summed E-state index contributed by atoms with van der Waals surface area (Å²) in [5.74, 6) is -0.287. The van der Waals surface area contributed by atoms with Crippen LogP contribution in [0.2, 0.25) is 0 Å². The van der Waals surface area contributed by atoms with Gasteiger partial charge in [-0.2, -0.15) is 11.3 Å². The summed E-state index contributed by atoms with van der Waals surface area (Å²) in [6, 6.07) is 5.36. The average Bonchev–Trinajstić information content (AvgIpc) is 3.13. The maximum absolute atomic E-state index is 11.4. The van der Waals surface area contributed by atoms with E-state index in [0.29, 0.717) is 5.76 Å². The summed E-state index contributed by atoms with van der Waals surface area (Å²) in [5, 5.41) is 6.39. The zero-order valence-electron chi connectivity index (χ0n) is 10.6. The third-order valence-corrected chi connectivity index (χ3v) is 3.04. The molecule has 1 amide bonds. The van der Waals surface area contributed by atoms with Crippen molar-refractivity contribution in [1.82, 2.24) is 5.32 Å². The molecular formula is C14H13NO4S. The number of esters is 1. The molecule has 0 aliphatic heterocycles. The molecule has 0 saturated carbocycles. The van der Waals surface area contributed by atoms with Gasteiger partial charge in [0.15, 0.2) is 6.61 Å². The number of ether oxygens (including phenoxy) is 1. The molecular weight excluding hydrogens is 278 g/mol. The van der Waals surface area contributed by atoms with Gasteiger partial charge in [0.2, 0.25) is 0 Å². The Labute approximate surface area is 119 Å². The molecule has 1 N–H and O–H groups in total. The summed E-state index contributed by atoms with van der Waals surface area (Å²) in [6.45, 7) is -0.0400. The van der Waals surface area contributed by atoms with Crippen LogP contribution in [0.4, 0.5) is 0 Å². The molecule has 20 heavy (non-hydrogen) atoms. The minimum Gasteiger partial charge on any atom is -0.467 e. The molecule has 0 aliphatic carbocycles. The quantitative estimate of drug-likeness (QED) is 0.654. The molecule has 0 bridgehead atoms. The van der Waals surface area contributed by atoms with Gasteiger partial charge < -0.3 is 14.5 Å². The summed E-state index contributed by atoms with van der Waals surface area (Å²) < 4.78 is 9.86. The number of nitrogens with one attached hydrogen (secondary N) is 1. The standard InChI is InChI=1S/C14H13NO4S/c16-13(15-8-12-2-1-6-18-12)9-19-14(17)4-3-11-5-7-20-10-11/h1-7,10H,8-9H2,(H,15,16)/b4-3+. The van der Waals surface area contributed by atoms with Gasteiger partial charge in [0.25, 0.3) is 5.91 Å². The van der Waals surface area contributed by atoms with E-state index in [4.69, 9.17) is 9.15 Å². The van der Waals surface area contributed by atoms with Crippen molar-refractivity contribution in [3.05, 3.63) is 52.6 Å². The number of hydrogen-bond donors (Lipinski definition) is 1. The van der Waals surface area contributed by atoms with Crippen LogP contribution >= 0.6 is 11.3 Å². The first-order valence-corrected chi connectivity index (χ1v) is 6.84. The number of rotatable bonds is 6. The van der Waals surface area contributed by atoms with E-state index in [2.05, 4.69) is 5.32 Å². The van der Waals surface area contributed by atoms with Crippen LogP contribution in [0.15, 0.2) is 45.7 Å². The summed E-state index contributed by atoms with van der Waals surface area (Å²) >= 11 is 1.54. The Kier molecular flexibility index (Phi) is 5.14. The smallest absolute Gasteiger partial charge is 0.331 e. The normalized spacial score (nSPS) is 10.6. The van der Waals surface area contributed by atoms with Crippen LogP contribution in [-0.2, 0) is 20.9 Å². The molecule has 2 heterocycles. The van der Waals surface area contributed by atoms with Gasteiger partial charge in [-0.1, -0.05) is 0 Å². The number of carbonyl (C=O) groups is 2. The van der Waals surface area contributed by atoms with Crippen molar-refractivity contribution in [2.45, 2.75) is 6.54 Å². The lowest BCUT2D eigenvalue weighted by atomic mass is 10.3. The highest BCUT2D eigenvalue weighted by Gasteiger charge is 2.05. The topological polar surface area (TPSA) is 68.5 Å². The van der Waals surface area contributed by atoms with Crippen LogP contribution in [0.5, 0.6) is 0 Å². The van der Waals surface area contributed by atoms with Crippen LogP contribution in [0, 0.1) is 0 Å². The van der Waals surface area contributed by atoms with Crippen molar-refractivity contribution in [2.24, 2.45) is 0 Å². The van der Waals surface area contributed by atoms with Crippen molar-refractivity contribution in [1.29, 1.82) is 0 Å². The second-order valence-electron chi connectivity index (χ2n) is 3.85. The Balaban J connectivity index is 1.66. The second kappa shape index (κ2) is 7.30. The number of thiophene rings is 1. The molecule has 0 aromatic carbocycles. The van der Waals surface area contributed by atoms with Gasteiger partial charge in [-0.25, -0.2) is 4.79 Å². The fourth-order valence-electron chi connectivity index (χ4n) is 1.37. The van der Waals surface area contributed by atoms with Crippen LogP contribution in [0.25, 0.3) is 6.08 Å². The maximum atomic E-state index is 11.4. The van der Waals surface area contributed by atoms with E-state index in [0.717, 1.165) is 5.56 Å². The fraction of sp³-hybridized carbons (Fsp3) is 0.143. The Morgan fingerprint density at radius 3 is 3.00 bits per heavy atom. The van der Waals surface area contributed by atoms with Crippen molar-refractivity contribution in [3.8, 4) is 0 Å². The van der Waals surface area contributed by atoms with E-state index < -0.39 is 5.97 Å². The molecule has 0 aliphatic rings. The second-order valence-corrected chi connectivity index (χ2v) is 4.63. The van der Waals surface area contributed by atoms with E-state index >= 15 is 0 Å². The first-order chi connectivity index (χ1) is 9.74. The minimum atomic E-state index is -0.552. The number of hydrogen-bond acceptors (Lipinski definition) is 5. The molecule has 2 aromatic heterocycles. The van der Waals surface area contributed by atoms with Crippen LogP contribution < -0.4 is 5.32 Å². The zero-order chi connectivity index (χ0) is 14.2. The van der Waals surface area contributed by atoms with Crippen molar-refractivity contribution in [3.63, 3.8) is 0 Å². The van der Waals surface area contributed by atoms with Crippen molar-refractivity contribution in [2.75, 3.05) is 6.61 Å². The monoisotopic (exact) mass is 291 g/mol. The number of carbonyl (C=O) groups excluding carboxylic acids is 2. The van der Waals surface area contributed by atoms with Gasteiger partial charge in [0, 0.05) is 6.08 Å². The van der Waals surface area contributed by atoms with Gasteiger partial charge in [-0.3, -0.25) is 4.79 Å². The molecule has 0 radical (unpaired) electrons. The first kappa shape index (κ1) is 14.1. The molecule has 5 nitrogen and oxygen atoms in total. The highest BCUT2D eigenvalue weighted by atomic mass is 32.1. The SMILES string of the molecule is O=C(COC(=O)/C=C/c1ccsc1)NCc1ccco1. The lowest BCUT2D eigenvalue weighted by Gasteiger charge is -2.03. The third-order valence-electron chi connectivity index (χ3n) is 2.34. The maximum Gasteiger partial charge on any atom is 0.331 e. The van der Waals surface area contributed by atoms with Crippen LogP contribution in [0.1, 0.15) is 11.3 Å². The van der Waals surface area contributed by atoms with E-state index in [1.807, 2.05) is 16.8 Å². The predicted molar refractivity (Wildman–Crippen MR) is 74.9 cm³/mol. The molecule has 0 spiro atoms. The Morgan fingerprint density at radius 1 is 1.40 bits per heavy atom.